The second-order valence-electron chi connectivity index (χ2n) is 6.36. The first-order valence-electron chi connectivity index (χ1n) is 8.63. The van der Waals surface area contributed by atoms with Crippen LogP contribution in [-0.2, 0) is 11.4 Å². The Morgan fingerprint density at radius 3 is 2.68 bits per heavy atom. The predicted octanol–water partition coefficient (Wildman–Crippen LogP) is 6.01. The van der Waals surface area contributed by atoms with E-state index >= 15 is 0 Å². The van der Waals surface area contributed by atoms with Crippen molar-refractivity contribution in [3.63, 3.8) is 0 Å². The van der Waals surface area contributed by atoms with E-state index in [0.717, 1.165) is 21.3 Å². The molecule has 1 aliphatic heterocycles. The van der Waals surface area contributed by atoms with Gasteiger partial charge in [0.15, 0.2) is 0 Å². The van der Waals surface area contributed by atoms with Gasteiger partial charge in [-0.15, -0.1) is 0 Å². The lowest BCUT2D eigenvalue weighted by Gasteiger charge is -2.11. The lowest BCUT2D eigenvalue weighted by atomic mass is 10.1. The molecule has 3 aromatic rings. The summed E-state index contributed by atoms with van der Waals surface area (Å²) in [5.74, 6) is 0.690. The fourth-order valence-electron chi connectivity index (χ4n) is 2.99. The average molecular weight is 470 g/mol. The van der Waals surface area contributed by atoms with Crippen LogP contribution < -0.4 is 4.74 Å². The molecule has 0 aliphatic carbocycles. The number of ether oxygens (including phenoxy) is 1. The summed E-state index contributed by atoms with van der Waals surface area (Å²) in [6.07, 6.45) is 1.85. The van der Waals surface area contributed by atoms with E-state index in [-0.39, 0.29) is 5.91 Å². The molecule has 1 fully saturated rings. The van der Waals surface area contributed by atoms with Crippen LogP contribution >= 0.6 is 39.9 Å². The number of rotatable bonds is 4. The van der Waals surface area contributed by atoms with Crippen molar-refractivity contribution in [3.8, 4) is 5.75 Å². The molecule has 4 rings (SSSR count). The lowest BCUT2D eigenvalue weighted by Crippen LogP contribution is -2.22. The van der Waals surface area contributed by atoms with Gasteiger partial charge >= 0.3 is 0 Å². The first-order chi connectivity index (χ1) is 13.5. The van der Waals surface area contributed by atoms with Gasteiger partial charge in [0.2, 0.25) is 0 Å². The largest absolute Gasteiger partial charge is 0.488 e. The number of thiocarbonyl (C=S) groups is 1. The van der Waals surface area contributed by atoms with Crippen molar-refractivity contribution in [1.82, 2.24) is 4.90 Å². The normalized spacial score (nSPS) is 15.6. The van der Waals surface area contributed by atoms with Gasteiger partial charge in [-0.2, -0.15) is 0 Å². The first-order valence-corrected chi connectivity index (χ1v) is 10.7. The highest BCUT2D eigenvalue weighted by Crippen LogP contribution is 2.33. The van der Waals surface area contributed by atoms with Crippen LogP contribution in [0.25, 0.3) is 16.8 Å². The second kappa shape index (κ2) is 8.07. The van der Waals surface area contributed by atoms with Crippen molar-refractivity contribution in [3.05, 3.63) is 81.2 Å². The minimum Gasteiger partial charge on any atom is -0.488 e. The van der Waals surface area contributed by atoms with E-state index in [4.69, 9.17) is 17.0 Å². The van der Waals surface area contributed by atoms with E-state index in [9.17, 15) is 4.79 Å². The molecule has 6 heteroatoms. The smallest absolute Gasteiger partial charge is 0.265 e. The molecule has 0 aromatic heterocycles. The van der Waals surface area contributed by atoms with Crippen molar-refractivity contribution in [2.75, 3.05) is 7.05 Å². The molecule has 3 aromatic carbocycles. The second-order valence-corrected chi connectivity index (χ2v) is 8.89. The molecule has 0 radical (unpaired) electrons. The SMILES string of the molecule is CN1C(=O)/C(=C/c2ccc(OCc3cccc4ccccc34)c(Br)c2)SC1=S. The number of carbonyl (C=O) groups is 1. The van der Waals surface area contributed by atoms with E-state index in [1.165, 1.54) is 27.4 Å². The molecule has 3 nitrogen and oxygen atoms in total. The molecule has 0 spiro atoms. The van der Waals surface area contributed by atoms with Crippen LogP contribution in [0.5, 0.6) is 5.75 Å². The Morgan fingerprint density at radius 1 is 1.14 bits per heavy atom. The molecule has 140 valence electrons. The molecule has 0 unspecified atom stereocenters. The maximum Gasteiger partial charge on any atom is 0.265 e. The molecule has 1 heterocycles. The number of benzene rings is 3. The number of halogens is 1. The topological polar surface area (TPSA) is 29.5 Å². The number of fused-ring (bicyclic) bond motifs is 1. The van der Waals surface area contributed by atoms with Gasteiger partial charge in [0, 0.05) is 7.05 Å². The lowest BCUT2D eigenvalue weighted by molar-refractivity contribution is -0.121. The molecule has 1 aliphatic rings. The van der Waals surface area contributed by atoms with E-state index in [1.807, 2.05) is 42.5 Å². The number of likely N-dealkylation sites (N-methyl/N-ethyl adjacent to an activating group) is 1. The van der Waals surface area contributed by atoms with E-state index in [0.29, 0.717) is 15.8 Å². The molecule has 0 N–H and O–H groups in total. The quantitative estimate of drug-likeness (QED) is 0.345. The summed E-state index contributed by atoms with van der Waals surface area (Å²) in [6, 6.07) is 20.3. The van der Waals surface area contributed by atoms with Crippen molar-refractivity contribution < 1.29 is 9.53 Å². The van der Waals surface area contributed by atoms with Crippen LogP contribution in [0.15, 0.2) is 70.0 Å². The molecular formula is C22H16BrNO2S2. The monoisotopic (exact) mass is 469 g/mol. The molecular weight excluding hydrogens is 454 g/mol. The standard InChI is InChI=1S/C22H16BrNO2S2/c1-24-21(25)20(28-22(24)27)12-14-9-10-19(18(23)11-14)26-13-16-7-4-6-15-5-2-3-8-17(15)16/h2-12H,13H2,1H3/b20-12-. The third-order valence-electron chi connectivity index (χ3n) is 4.50. The highest BCUT2D eigenvalue weighted by Gasteiger charge is 2.28. The van der Waals surface area contributed by atoms with Crippen LogP contribution in [-0.4, -0.2) is 22.2 Å². The van der Waals surface area contributed by atoms with Gasteiger partial charge in [-0.1, -0.05) is 72.5 Å². The summed E-state index contributed by atoms with van der Waals surface area (Å²) in [5, 5.41) is 2.39. The first kappa shape index (κ1) is 19.2. The van der Waals surface area contributed by atoms with Gasteiger partial charge in [0.1, 0.15) is 16.7 Å². The summed E-state index contributed by atoms with van der Waals surface area (Å²) in [6.45, 7) is 0.480. The minimum absolute atomic E-state index is 0.0672. The fraction of sp³-hybridized carbons (Fsp3) is 0.0909. The van der Waals surface area contributed by atoms with Gasteiger partial charge < -0.3 is 4.74 Å². The summed E-state index contributed by atoms with van der Waals surface area (Å²) in [4.78, 5) is 14.3. The Hall–Kier alpha value is -2.15. The van der Waals surface area contributed by atoms with Crippen LogP contribution in [0, 0.1) is 0 Å². The third kappa shape index (κ3) is 3.85. The van der Waals surface area contributed by atoms with Crippen molar-refractivity contribution in [2.24, 2.45) is 0 Å². The molecule has 0 bridgehead atoms. The molecule has 1 saturated heterocycles. The van der Waals surface area contributed by atoms with Crippen molar-refractivity contribution in [1.29, 1.82) is 0 Å². The Bertz CT molecular complexity index is 1120. The maximum atomic E-state index is 12.2. The van der Waals surface area contributed by atoms with E-state index < -0.39 is 0 Å². The zero-order valence-corrected chi connectivity index (χ0v) is 18.2. The van der Waals surface area contributed by atoms with Gasteiger partial charge in [-0.05, 0) is 56.0 Å². The molecule has 28 heavy (non-hydrogen) atoms. The van der Waals surface area contributed by atoms with Crippen LogP contribution in [0.1, 0.15) is 11.1 Å². The van der Waals surface area contributed by atoms with Crippen molar-refractivity contribution in [2.45, 2.75) is 6.61 Å². The average Bonchev–Trinajstić information content (AvgIpc) is 2.94. The Morgan fingerprint density at radius 2 is 1.93 bits per heavy atom. The van der Waals surface area contributed by atoms with Gasteiger partial charge in [0.05, 0.1) is 9.38 Å². The van der Waals surface area contributed by atoms with Crippen LogP contribution in [0.3, 0.4) is 0 Å². The number of hydrogen-bond donors (Lipinski definition) is 0. The Labute approximate surface area is 181 Å². The Kier molecular flexibility index (Phi) is 5.53. The van der Waals surface area contributed by atoms with Gasteiger partial charge in [-0.25, -0.2) is 0 Å². The zero-order chi connectivity index (χ0) is 19.7. The van der Waals surface area contributed by atoms with Gasteiger partial charge in [-0.3, -0.25) is 9.69 Å². The Balaban J connectivity index is 1.52. The number of carbonyl (C=O) groups excluding carboxylic acids is 1. The number of nitrogens with zero attached hydrogens (tertiary/aromatic N) is 1. The number of thioether (sulfide) groups is 1. The van der Waals surface area contributed by atoms with E-state index in [2.05, 4.69) is 40.2 Å². The highest BCUT2D eigenvalue weighted by molar-refractivity contribution is 9.10. The summed E-state index contributed by atoms with van der Waals surface area (Å²) in [7, 11) is 1.69. The number of hydrogen-bond acceptors (Lipinski definition) is 4. The summed E-state index contributed by atoms with van der Waals surface area (Å²) >= 11 is 10.1. The zero-order valence-electron chi connectivity index (χ0n) is 15.0. The minimum atomic E-state index is -0.0672. The van der Waals surface area contributed by atoms with E-state index in [1.54, 1.807) is 7.05 Å². The van der Waals surface area contributed by atoms with Crippen molar-refractivity contribution >= 4 is 67.0 Å². The summed E-state index contributed by atoms with van der Waals surface area (Å²) < 4.78 is 7.46. The third-order valence-corrected chi connectivity index (χ3v) is 6.61. The predicted molar refractivity (Wildman–Crippen MR) is 123 cm³/mol. The number of amides is 1. The maximum absolute atomic E-state index is 12.2. The van der Waals surface area contributed by atoms with Gasteiger partial charge in [0.25, 0.3) is 5.91 Å². The summed E-state index contributed by atoms with van der Waals surface area (Å²) in [5.41, 5.74) is 2.05. The molecule has 0 saturated carbocycles. The van der Waals surface area contributed by atoms with Crippen LogP contribution in [0.4, 0.5) is 0 Å². The molecule has 1 amide bonds. The highest BCUT2D eigenvalue weighted by atomic mass is 79.9. The molecule has 0 atom stereocenters. The fourth-order valence-corrected chi connectivity index (χ4v) is 4.69. The van der Waals surface area contributed by atoms with Crippen LogP contribution in [0.2, 0.25) is 0 Å².